The van der Waals surface area contributed by atoms with Gasteiger partial charge in [0, 0.05) is 43.0 Å². The van der Waals surface area contributed by atoms with Gasteiger partial charge in [-0.1, -0.05) is 35.9 Å². The van der Waals surface area contributed by atoms with Gasteiger partial charge in [-0.15, -0.1) is 0 Å². The third-order valence-electron chi connectivity index (χ3n) is 4.85. The van der Waals surface area contributed by atoms with Crippen LogP contribution in [0, 0.1) is 12.3 Å². The Balaban J connectivity index is 1.99. The Hall–Kier alpha value is -3.93. The lowest BCUT2D eigenvalue weighted by Crippen LogP contribution is -2.28. The van der Waals surface area contributed by atoms with Crippen LogP contribution < -0.4 is 15.4 Å². The highest BCUT2D eigenvalue weighted by atomic mass is 16.5. The Kier molecular flexibility index (Phi) is 7.17. The molecule has 0 fully saturated rings. The molecule has 3 N–H and O–H groups in total. The molecular weight excluding hydrogens is 388 g/mol. The number of carbonyl (C=O) groups excluding carboxylic acids is 1. The highest BCUT2D eigenvalue weighted by Crippen LogP contribution is 2.26. The molecule has 0 aliphatic heterocycles. The molecule has 0 spiro atoms. The fourth-order valence-corrected chi connectivity index (χ4v) is 3.19. The van der Waals surface area contributed by atoms with Crippen LogP contribution in [-0.4, -0.2) is 30.6 Å². The van der Waals surface area contributed by atoms with E-state index in [0.717, 1.165) is 22.4 Å². The smallest absolute Gasteiger partial charge is 0.207 e. The number of ether oxygens (including phenoxy) is 1. The molecule has 3 aromatic rings. The molecule has 2 aromatic carbocycles. The van der Waals surface area contributed by atoms with Gasteiger partial charge in [-0.2, -0.15) is 0 Å². The molecule has 1 heterocycles. The molecular formula is C25H26N4O2. The molecule has 6 nitrogen and oxygen atoms in total. The first-order valence-corrected chi connectivity index (χ1v) is 9.91. The Labute approximate surface area is 182 Å². The molecule has 0 saturated heterocycles. The summed E-state index contributed by atoms with van der Waals surface area (Å²) in [6, 6.07) is 17.9. The van der Waals surface area contributed by atoms with Gasteiger partial charge >= 0.3 is 0 Å². The van der Waals surface area contributed by atoms with E-state index in [-0.39, 0.29) is 11.5 Å². The number of allylic oxidation sites excluding steroid dienone is 1. The van der Waals surface area contributed by atoms with Crippen molar-refractivity contribution in [2.75, 3.05) is 19.5 Å². The van der Waals surface area contributed by atoms with Crippen LogP contribution in [-0.2, 0) is 4.79 Å². The summed E-state index contributed by atoms with van der Waals surface area (Å²) in [5.41, 5.74) is 3.75. The maximum atomic E-state index is 13.6. The van der Waals surface area contributed by atoms with Crippen LogP contribution in [0.1, 0.15) is 22.7 Å². The number of aryl methyl sites for hydroxylation is 1. The number of Topliss-reactive ketones (excluding diaryl/α,β-unsaturated/α-hetero) is 1. The average Bonchev–Trinajstić information content (AvgIpc) is 2.81. The SMILES string of the molecule is CN/C=C(\C(=N)C(=O)C(Nc1cccc(OC)c1)c1ccc(C)cc1)c1ccncc1. The van der Waals surface area contributed by atoms with E-state index in [4.69, 9.17) is 10.1 Å². The number of pyridine rings is 1. The fourth-order valence-electron chi connectivity index (χ4n) is 3.19. The number of nitrogens with zero attached hydrogens (tertiary/aromatic N) is 1. The van der Waals surface area contributed by atoms with Crippen LogP contribution in [0.3, 0.4) is 0 Å². The van der Waals surface area contributed by atoms with E-state index >= 15 is 0 Å². The lowest BCUT2D eigenvalue weighted by atomic mass is 9.92. The van der Waals surface area contributed by atoms with Crippen molar-refractivity contribution in [3.05, 3.63) is 95.9 Å². The van der Waals surface area contributed by atoms with E-state index < -0.39 is 6.04 Å². The second-order valence-electron chi connectivity index (χ2n) is 7.04. The predicted octanol–water partition coefficient (Wildman–Crippen LogP) is 4.40. The number of hydrogen-bond acceptors (Lipinski definition) is 6. The zero-order valence-corrected chi connectivity index (χ0v) is 17.8. The van der Waals surface area contributed by atoms with Gasteiger partial charge in [-0.25, -0.2) is 0 Å². The van der Waals surface area contributed by atoms with Gasteiger partial charge in [0.2, 0.25) is 5.78 Å². The van der Waals surface area contributed by atoms with Crippen molar-refractivity contribution in [1.82, 2.24) is 10.3 Å². The van der Waals surface area contributed by atoms with Crippen molar-refractivity contribution in [3.8, 4) is 5.75 Å². The minimum Gasteiger partial charge on any atom is -0.497 e. The summed E-state index contributed by atoms with van der Waals surface area (Å²) in [7, 11) is 3.34. The van der Waals surface area contributed by atoms with Crippen LogP contribution in [0.5, 0.6) is 5.75 Å². The highest BCUT2D eigenvalue weighted by molar-refractivity contribution is 6.56. The van der Waals surface area contributed by atoms with E-state index in [1.165, 1.54) is 0 Å². The molecule has 1 atom stereocenters. The Bertz CT molecular complexity index is 1080. The maximum absolute atomic E-state index is 13.6. The van der Waals surface area contributed by atoms with Gasteiger partial charge in [0.25, 0.3) is 0 Å². The second-order valence-corrected chi connectivity index (χ2v) is 7.04. The van der Waals surface area contributed by atoms with Crippen LogP contribution in [0.2, 0.25) is 0 Å². The monoisotopic (exact) mass is 414 g/mol. The summed E-state index contributed by atoms with van der Waals surface area (Å²) in [6.45, 7) is 2.00. The second kappa shape index (κ2) is 10.2. The van der Waals surface area contributed by atoms with Gasteiger partial charge in [-0.05, 0) is 42.3 Å². The Morgan fingerprint density at radius 2 is 1.81 bits per heavy atom. The number of benzene rings is 2. The number of aromatic nitrogens is 1. The summed E-state index contributed by atoms with van der Waals surface area (Å²) in [5, 5.41) is 14.9. The van der Waals surface area contributed by atoms with E-state index in [0.29, 0.717) is 11.3 Å². The Morgan fingerprint density at radius 1 is 1.10 bits per heavy atom. The summed E-state index contributed by atoms with van der Waals surface area (Å²) in [6.07, 6.45) is 4.94. The number of ketones is 1. The van der Waals surface area contributed by atoms with Crippen LogP contribution >= 0.6 is 0 Å². The summed E-state index contributed by atoms with van der Waals surface area (Å²) < 4.78 is 5.30. The third-order valence-corrected chi connectivity index (χ3v) is 4.85. The summed E-state index contributed by atoms with van der Waals surface area (Å²) >= 11 is 0. The number of hydrogen-bond donors (Lipinski definition) is 3. The first-order valence-electron chi connectivity index (χ1n) is 9.91. The first-order chi connectivity index (χ1) is 15.0. The van der Waals surface area contributed by atoms with Crippen molar-refractivity contribution in [1.29, 1.82) is 5.41 Å². The highest BCUT2D eigenvalue weighted by Gasteiger charge is 2.27. The zero-order valence-electron chi connectivity index (χ0n) is 17.8. The quantitative estimate of drug-likeness (QED) is 0.452. The fraction of sp³-hybridized carbons (Fsp3) is 0.160. The van der Waals surface area contributed by atoms with E-state index in [9.17, 15) is 4.79 Å². The molecule has 1 unspecified atom stereocenters. The number of carbonyl (C=O) groups is 1. The van der Waals surface area contributed by atoms with Gasteiger partial charge in [0.15, 0.2) is 0 Å². The number of rotatable bonds is 9. The maximum Gasteiger partial charge on any atom is 0.207 e. The molecule has 0 radical (unpaired) electrons. The van der Waals surface area contributed by atoms with Gasteiger partial charge in [-0.3, -0.25) is 15.2 Å². The van der Waals surface area contributed by atoms with Crippen molar-refractivity contribution < 1.29 is 9.53 Å². The van der Waals surface area contributed by atoms with E-state index in [1.54, 1.807) is 44.9 Å². The molecule has 6 heteroatoms. The molecule has 0 aliphatic rings. The van der Waals surface area contributed by atoms with Crippen molar-refractivity contribution in [2.45, 2.75) is 13.0 Å². The van der Waals surface area contributed by atoms with E-state index in [1.807, 2.05) is 55.5 Å². The van der Waals surface area contributed by atoms with Gasteiger partial charge in [0.05, 0.1) is 7.11 Å². The predicted molar refractivity (Wildman–Crippen MR) is 125 cm³/mol. The van der Waals surface area contributed by atoms with Crippen molar-refractivity contribution in [3.63, 3.8) is 0 Å². The normalized spacial score (nSPS) is 12.0. The molecule has 158 valence electrons. The third kappa shape index (κ3) is 5.36. The largest absolute Gasteiger partial charge is 0.497 e. The minimum atomic E-state index is -0.734. The zero-order chi connectivity index (χ0) is 22.2. The topological polar surface area (TPSA) is 87.1 Å². The lowest BCUT2D eigenvalue weighted by molar-refractivity contribution is -0.113. The molecule has 0 amide bonds. The minimum absolute atomic E-state index is 0.0958. The molecule has 0 saturated carbocycles. The van der Waals surface area contributed by atoms with E-state index in [2.05, 4.69) is 15.6 Å². The molecule has 31 heavy (non-hydrogen) atoms. The summed E-state index contributed by atoms with van der Waals surface area (Å²) in [5.74, 6) is 0.340. The number of nitrogens with one attached hydrogen (secondary N) is 3. The molecule has 0 aliphatic carbocycles. The number of methoxy groups -OCH3 is 1. The molecule has 1 aromatic heterocycles. The standard InChI is InChI=1S/C25H26N4O2/c1-17-7-9-19(10-8-17)24(29-20-5-4-6-21(15-20)31-3)25(30)23(26)22(16-27-2)18-11-13-28-14-12-18/h4-16,24,26-27,29H,1-3H3/b22-16-,26-23?. The van der Waals surface area contributed by atoms with Crippen LogP contribution in [0.15, 0.2) is 79.3 Å². The van der Waals surface area contributed by atoms with Crippen molar-refractivity contribution >= 4 is 22.8 Å². The van der Waals surface area contributed by atoms with Crippen LogP contribution in [0.25, 0.3) is 5.57 Å². The lowest BCUT2D eigenvalue weighted by Gasteiger charge is -2.21. The Morgan fingerprint density at radius 3 is 2.45 bits per heavy atom. The average molecular weight is 415 g/mol. The van der Waals surface area contributed by atoms with Crippen LogP contribution in [0.4, 0.5) is 5.69 Å². The number of anilines is 1. The summed E-state index contributed by atoms with van der Waals surface area (Å²) in [4.78, 5) is 17.6. The van der Waals surface area contributed by atoms with Gasteiger partial charge in [0.1, 0.15) is 17.5 Å². The molecule has 3 rings (SSSR count). The van der Waals surface area contributed by atoms with Crippen molar-refractivity contribution in [2.24, 2.45) is 0 Å². The first kappa shape index (κ1) is 21.8. The van der Waals surface area contributed by atoms with Gasteiger partial charge < -0.3 is 15.4 Å². The molecule has 0 bridgehead atoms.